The maximum atomic E-state index is 9.62. The van der Waals surface area contributed by atoms with Crippen LogP contribution in [0.4, 0.5) is 0 Å². The average Bonchev–Trinajstić information content (AvgIpc) is 2.20. The van der Waals surface area contributed by atoms with E-state index in [2.05, 4.69) is 6.92 Å². The minimum atomic E-state index is -1.51. The normalized spacial score (nSPS) is 10.3. The lowest BCUT2D eigenvalue weighted by Gasteiger charge is -2.06. The Morgan fingerprint density at radius 1 is 1.20 bits per heavy atom. The first-order valence-corrected chi connectivity index (χ1v) is 5.33. The summed E-state index contributed by atoms with van der Waals surface area (Å²) in [6.07, 6.45) is 4.17. The van der Waals surface area contributed by atoms with Crippen molar-refractivity contribution >= 4 is 12.6 Å². The highest BCUT2D eigenvalue weighted by Crippen LogP contribution is 2.17. The van der Waals surface area contributed by atoms with Crippen molar-refractivity contribution in [3.05, 3.63) is 23.8 Å². The molecule has 0 aromatic heterocycles. The molecule has 82 valence electrons. The third-order valence-electron chi connectivity index (χ3n) is 2.46. The first kappa shape index (κ1) is 12.1. The zero-order chi connectivity index (χ0) is 11.3. The lowest BCUT2D eigenvalue weighted by atomic mass is 9.79. The van der Waals surface area contributed by atoms with E-state index in [1.54, 1.807) is 12.1 Å². The maximum absolute atomic E-state index is 9.62. The van der Waals surface area contributed by atoms with Gasteiger partial charge in [-0.25, -0.2) is 0 Å². The molecule has 0 unspecified atom stereocenters. The molecule has 0 bridgehead atoms. The van der Waals surface area contributed by atoms with Crippen molar-refractivity contribution < 1.29 is 15.2 Å². The van der Waals surface area contributed by atoms with Crippen molar-refractivity contribution in [3.8, 4) is 5.75 Å². The molecule has 0 spiro atoms. The van der Waals surface area contributed by atoms with Crippen molar-refractivity contribution in [3.63, 3.8) is 0 Å². The summed E-state index contributed by atoms with van der Waals surface area (Å²) in [6, 6.07) is 4.79. The van der Waals surface area contributed by atoms with Crippen molar-refractivity contribution in [1.82, 2.24) is 0 Å². The molecule has 1 rings (SSSR count). The van der Waals surface area contributed by atoms with Crippen LogP contribution in [0, 0.1) is 0 Å². The largest absolute Gasteiger partial charge is 0.508 e. The standard InChI is InChI=1S/C11H17BO3/c1-2-3-4-5-9-6-7-10(12(14)15)8-11(9)13/h6-8,13-15H,2-5H2,1H3. The van der Waals surface area contributed by atoms with Gasteiger partial charge in [-0.05, 0) is 29.9 Å². The Morgan fingerprint density at radius 3 is 2.47 bits per heavy atom. The Hall–Kier alpha value is -0.995. The van der Waals surface area contributed by atoms with Gasteiger partial charge in [0, 0.05) is 0 Å². The number of benzene rings is 1. The molecule has 4 heteroatoms. The average molecular weight is 208 g/mol. The number of phenolic OH excluding ortho intramolecular Hbond substituents is 1. The molecule has 0 aliphatic rings. The molecule has 3 N–H and O–H groups in total. The molecule has 0 aliphatic heterocycles. The molecule has 0 radical (unpaired) electrons. The number of hydrogen-bond donors (Lipinski definition) is 3. The fraction of sp³-hybridized carbons (Fsp3) is 0.455. The molecular formula is C11H17BO3. The van der Waals surface area contributed by atoms with Gasteiger partial charge >= 0.3 is 7.12 Å². The highest BCUT2D eigenvalue weighted by Gasteiger charge is 2.12. The Bertz CT molecular complexity index is 313. The van der Waals surface area contributed by atoms with Crippen LogP contribution in [0.1, 0.15) is 31.7 Å². The van der Waals surface area contributed by atoms with Gasteiger partial charge in [-0.3, -0.25) is 0 Å². The topological polar surface area (TPSA) is 60.7 Å². The van der Waals surface area contributed by atoms with Crippen LogP contribution in [-0.2, 0) is 6.42 Å². The minimum Gasteiger partial charge on any atom is -0.508 e. The van der Waals surface area contributed by atoms with E-state index >= 15 is 0 Å². The van der Waals surface area contributed by atoms with Crippen LogP contribution in [0.25, 0.3) is 0 Å². The monoisotopic (exact) mass is 208 g/mol. The first-order valence-electron chi connectivity index (χ1n) is 5.33. The van der Waals surface area contributed by atoms with Crippen LogP contribution in [-0.4, -0.2) is 22.3 Å². The molecule has 1 aromatic rings. The number of aryl methyl sites for hydroxylation is 1. The van der Waals surface area contributed by atoms with Gasteiger partial charge < -0.3 is 15.2 Å². The van der Waals surface area contributed by atoms with E-state index in [9.17, 15) is 5.11 Å². The first-order chi connectivity index (χ1) is 7.15. The molecule has 0 heterocycles. The summed E-state index contributed by atoms with van der Waals surface area (Å²) in [4.78, 5) is 0. The van der Waals surface area contributed by atoms with Crippen LogP contribution in [0.15, 0.2) is 18.2 Å². The second-order valence-corrected chi connectivity index (χ2v) is 3.72. The SMILES string of the molecule is CCCCCc1ccc(B(O)O)cc1O. The fourth-order valence-electron chi connectivity index (χ4n) is 1.52. The number of unbranched alkanes of at least 4 members (excludes halogenated alkanes) is 2. The van der Waals surface area contributed by atoms with Crippen molar-refractivity contribution in [2.75, 3.05) is 0 Å². The van der Waals surface area contributed by atoms with Gasteiger partial charge in [0.15, 0.2) is 0 Å². The van der Waals surface area contributed by atoms with Crippen LogP contribution < -0.4 is 5.46 Å². The van der Waals surface area contributed by atoms with Crippen LogP contribution in [0.3, 0.4) is 0 Å². The summed E-state index contributed by atoms with van der Waals surface area (Å²) in [7, 11) is -1.51. The van der Waals surface area contributed by atoms with E-state index in [4.69, 9.17) is 10.0 Å². The van der Waals surface area contributed by atoms with Crippen molar-refractivity contribution in [1.29, 1.82) is 0 Å². The van der Waals surface area contributed by atoms with E-state index in [1.807, 2.05) is 0 Å². The van der Waals surface area contributed by atoms with Gasteiger partial charge in [0.2, 0.25) is 0 Å². The Labute approximate surface area is 90.5 Å². The lowest BCUT2D eigenvalue weighted by Crippen LogP contribution is -2.29. The van der Waals surface area contributed by atoms with Crippen LogP contribution in [0.2, 0.25) is 0 Å². The molecule has 3 nitrogen and oxygen atoms in total. The van der Waals surface area contributed by atoms with E-state index < -0.39 is 7.12 Å². The van der Waals surface area contributed by atoms with Gasteiger partial charge in [0.25, 0.3) is 0 Å². The van der Waals surface area contributed by atoms with Gasteiger partial charge in [0.1, 0.15) is 5.75 Å². The van der Waals surface area contributed by atoms with Crippen LogP contribution >= 0.6 is 0 Å². The van der Waals surface area contributed by atoms with Crippen molar-refractivity contribution in [2.24, 2.45) is 0 Å². The lowest BCUT2D eigenvalue weighted by molar-refractivity contribution is 0.424. The van der Waals surface area contributed by atoms with Crippen LogP contribution in [0.5, 0.6) is 5.75 Å². The Balaban J connectivity index is 2.66. The summed E-state index contributed by atoms with van der Waals surface area (Å²) in [5.74, 6) is 0.150. The molecule has 0 fully saturated rings. The Kier molecular flexibility index (Phi) is 4.65. The molecule has 1 aromatic carbocycles. The van der Waals surface area contributed by atoms with E-state index in [1.165, 1.54) is 6.07 Å². The Morgan fingerprint density at radius 2 is 1.93 bits per heavy atom. The van der Waals surface area contributed by atoms with E-state index in [0.717, 1.165) is 31.2 Å². The van der Waals surface area contributed by atoms with Gasteiger partial charge in [-0.1, -0.05) is 31.9 Å². The second kappa shape index (κ2) is 5.78. The fourth-order valence-corrected chi connectivity index (χ4v) is 1.52. The minimum absolute atomic E-state index is 0.150. The highest BCUT2D eigenvalue weighted by atomic mass is 16.4. The number of aromatic hydroxyl groups is 1. The van der Waals surface area contributed by atoms with Crippen molar-refractivity contribution in [2.45, 2.75) is 32.6 Å². The second-order valence-electron chi connectivity index (χ2n) is 3.72. The number of phenols is 1. The summed E-state index contributed by atoms with van der Waals surface area (Å²) < 4.78 is 0. The highest BCUT2D eigenvalue weighted by molar-refractivity contribution is 6.58. The van der Waals surface area contributed by atoms with E-state index in [-0.39, 0.29) is 5.75 Å². The van der Waals surface area contributed by atoms with Gasteiger partial charge in [-0.15, -0.1) is 0 Å². The van der Waals surface area contributed by atoms with Gasteiger partial charge in [0.05, 0.1) is 0 Å². The summed E-state index contributed by atoms with van der Waals surface area (Å²) >= 11 is 0. The summed E-state index contributed by atoms with van der Waals surface area (Å²) in [5.41, 5.74) is 1.19. The molecular weight excluding hydrogens is 191 g/mol. The quantitative estimate of drug-likeness (QED) is 0.495. The number of rotatable bonds is 5. The smallest absolute Gasteiger partial charge is 0.488 e. The zero-order valence-corrected chi connectivity index (χ0v) is 8.98. The molecule has 0 amide bonds. The molecule has 0 saturated heterocycles. The third-order valence-corrected chi connectivity index (χ3v) is 2.46. The predicted molar refractivity (Wildman–Crippen MR) is 61.2 cm³/mol. The molecule has 15 heavy (non-hydrogen) atoms. The molecule has 0 aliphatic carbocycles. The summed E-state index contributed by atoms with van der Waals surface area (Å²) in [6.45, 7) is 2.13. The van der Waals surface area contributed by atoms with Gasteiger partial charge in [-0.2, -0.15) is 0 Å². The van der Waals surface area contributed by atoms with E-state index in [0.29, 0.717) is 5.46 Å². The zero-order valence-electron chi connectivity index (χ0n) is 8.98. The molecule has 0 atom stereocenters. The number of hydrogen-bond acceptors (Lipinski definition) is 3. The molecule has 0 saturated carbocycles. The summed E-state index contributed by atoms with van der Waals surface area (Å²) in [5, 5.41) is 27.4. The maximum Gasteiger partial charge on any atom is 0.488 e. The third kappa shape index (κ3) is 3.57. The predicted octanol–water partition coefficient (Wildman–Crippen LogP) is 0.805.